The molecule has 10 heteroatoms. The highest BCUT2D eigenvalue weighted by Crippen LogP contribution is 2.11. The number of benzene rings is 1. The van der Waals surface area contributed by atoms with Crippen molar-refractivity contribution < 1.29 is 29.4 Å². The van der Waals surface area contributed by atoms with Gasteiger partial charge in [-0.2, -0.15) is 0 Å². The molecule has 1 atom stereocenters. The van der Waals surface area contributed by atoms with Gasteiger partial charge in [-0.05, 0) is 49.2 Å². The van der Waals surface area contributed by atoms with Gasteiger partial charge in [0.2, 0.25) is 5.91 Å². The van der Waals surface area contributed by atoms with Crippen LogP contribution in [0.1, 0.15) is 28.8 Å². The third kappa shape index (κ3) is 6.59. The minimum Gasteiger partial charge on any atom is -0.481 e. The minimum absolute atomic E-state index is 0.143. The van der Waals surface area contributed by atoms with Gasteiger partial charge in [0.1, 0.15) is 12.6 Å². The van der Waals surface area contributed by atoms with E-state index in [2.05, 4.69) is 10.6 Å². The predicted octanol–water partition coefficient (Wildman–Crippen LogP) is 0.843. The molecule has 0 radical (unpaired) electrons. The fourth-order valence-electron chi connectivity index (χ4n) is 2.56. The van der Waals surface area contributed by atoms with Gasteiger partial charge in [0.05, 0.1) is 0 Å². The largest absolute Gasteiger partial charge is 0.481 e. The van der Waals surface area contributed by atoms with E-state index < -0.39 is 36.2 Å². The molecule has 0 fully saturated rings. The van der Waals surface area contributed by atoms with Gasteiger partial charge in [-0.15, -0.1) is 0 Å². The smallest absolute Gasteiger partial charge is 0.326 e. The van der Waals surface area contributed by atoms with E-state index in [0.29, 0.717) is 5.69 Å². The fraction of sp³-hybridized carbons (Fsp3) is 0.250. The van der Waals surface area contributed by atoms with E-state index in [1.807, 2.05) is 0 Å². The zero-order valence-electron chi connectivity index (χ0n) is 16.1. The van der Waals surface area contributed by atoms with E-state index in [4.69, 9.17) is 10.2 Å². The quantitative estimate of drug-likeness (QED) is 0.473. The number of hydrogen-bond acceptors (Lipinski definition) is 5. The Labute approximate surface area is 171 Å². The maximum atomic E-state index is 12.2. The number of pyridine rings is 1. The lowest BCUT2D eigenvalue weighted by Crippen LogP contribution is -2.41. The van der Waals surface area contributed by atoms with Crippen LogP contribution in [-0.4, -0.2) is 44.6 Å². The van der Waals surface area contributed by atoms with Gasteiger partial charge in [-0.25, -0.2) is 4.79 Å². The first-order valence-electron chi connectivity index (χ1n) is 8.98. The summed E-state index contributed by atoms with van der Waals surface area (Å²) < 4.78 is 1.26. The summed E-state index contributed by atoms with van der Waals surface area (Å²) in [5.74, 6) is -3.61. The van der Waals surface area contributed by atoms with Crippen LogP contribution in [0.3, 0.4) is 0 Å². The maximum absolute atomic E-state index is 12.2. The molecule has 0 bridgehead atoms. The van der Waals surface area contributed by atoms with Gasteiger partial charge in [-0.1, -0.05) is 0 Å². The number of aromatic nitrogens is 1. The number of nitrogens with zero attached hydrogens (tertiary/aromatic N) is 1. The van der Waals surface area contributed by atoms with Crippen molar-refractivity contribution in [2.24, 2.45) is 0 Å². The number of carboxylic acids is 2. The maximum Gasteiger partial charge on any atom is 0.326 e. The van der Waals surface area contributed by atoms with E-state index in [1.54, 1.807) is 13.0 Å². The van der Waals surface area contributed by atoms with Crippen LogP contribution in [0.25, 0.3) is 0 Å². The summed E-state index contributed by atoms with van der Waals surface area (Å²) in [5, 5.41) is 22.6. The third-order valence-corrected chi connectivity index (χ3v) is 4.15. The number of hydrogen-bond donors (Lipinski definition) is 4. The van der Waals surface area contributed by atoms with Gasteiger partial charge in [-0.3, -0.25) is 19.2 Å². The normalized spacial score (nSPS) is 11.4. The first kappa shape index (κ1) is 22.3. The average molecular weight is 415 g/mol. The SMILES string of the molecule is Cc1ccn(CC(=O)Nc2ccc(C(=O)NC(CCC(=O)O)C(=O)O)cc2)c(=O)c1. The number of carboxylic acid groups (broad SMARTS) is 2. The lowest BCUT2D eigenvalue weighted by Gasteiger charge is -2.14. The molecular weight excluding hydrogens is 394 g/mol. The summed E-state index contributed by atoms with van der Waals surface area (Å²) in [6.07, 6.45) is 0.878. The Morgan fingerprint density at radius 3 is 2.30 bits per heavy atom. The van der Waals surface area contributed by atoms with Crippen LogP contribution < -0.4 is 16.2 Å². The van der Waals surface area contributed by atoms with Crippen LogP contribution >= 0.6 is 0 Å². The lowest BCUT2D eigenvalue weighted by molar-refractivity contribution is -0.140. The summed E-state index contributed by atoms with van der Waals surface area (Å²) in [6.45, 7) is 1.60. The number of rotatable bonds is 9. The van der Waals surface area contributed by atoms with Gasteiger partial charge in [0, 0.05) is 29.9 Å². The molecule has 158 valence electrons. The number of amides is 2. The van der Waals surface area contributed by atoms with Crippen molar-refractivity contribution in [3.8, 4) is 0 Å². The minimum atomic E-state index is -1.33. The topological polar surface area (TPSA) is 155 Å². The van der Waals surface area contributed by atoms with E-state index >= 15 is 0 Å². The molecule has 4 N–H and O–H groups in total. The van der Waals surface area contributed by atoms with E-state index in [-0.39, 0.29) is 24.1 Å². The summed E-state index contributed by atoms with van der Waals surface area (Å²) in [7, 11) is 0. The van der Waals surface area contributed by atoms with Crippen LogP contribution in [0.5, 0.6) is 0 Å². The number of carbonyl (C=O) groups is 4. The molecule has 2 rings (SSSR count). The lowest BCUT2D eigenvalue weighted by atomic mass is 10.1. The highest BCUT2D eigenvalue weighted by molar-refractivity contribution is 5.97. The summed E-state index contributed by atoms with van der Waals surface area (Å²) in [6, 6.07) is 7.49. The van der Waals surface area contributed by atoms with Crippen molar-refractivity contribution in [3.05, 3.63) is 64.1 Å². The molecule has 1 aromatic carbocycles. The van der Waals surface area contributed by atoms with Gasteiger partial charge in [0.25, 0.3) is 11.5 Å². The second-order valence-corrected chi connectivity index (χ2v) is 6.59. The van der Waals surface area contributed by atoms with E-state index in [1.165, 1.54) is 41.1 Å². The van der Waals surface area contributed by atoms with Crippen molar-refractivity contribution in [1.29, 1.82) is 0 Å². The number of aliphatic carboxylic acids is 2. The average Bonchev–Trinajstić information content (AvgIpc) is 2.67. The number of aryl methyl sites for hydroxylation is 1. The molecule has 2 aromatic rings. The predicted molar refractivity (Wildman–Crippen MR) is 106 cm³/mol. The third-order valence-electron chi connectivity index (χ3n) is 4.15. The highest BCUT2D eigenvalue weighted by atomic mass is 16.4. The van der Waals surface area contributed by atoms with Gasteiger partial charge < -0.3 is 25.4 Å². The molecule has 10 nitrogen and oxygen atoms in total. The fourth-order valence-corrected chi connectivity index (χ4v) is 2.56. The Balaban J connectivity index is 1.97. The molecule has 0 spiro atoms. The molecule has 1 aromatic heterocycles. The number of carbonyl (C=O) groups excluding carboxylic acids is 2. The van der Waals surface area contributed by atoms with Gasteiger partial charge >= 0.3 is 11.9 Å². The van der Waals surface area contributed by atoms with E-state index in [0.717, 1.165) is 5.56 Å². The molecule has 0 aliphatic heterocycles. The van der Waals surface area contributed by atoms with Crippen LogP contribution in [0.4, 0.5) is 5.69 Å². The monoisotopic (exact) mass is 415 g/mol. The number of nitrogens with one attached hydrogen (secondary N) is 2. The van der Waals surface area contributed by atoms with E-state index in [9.17, 15) is 24.0 Å². The molecule has 1 heterocycles. The Morgan fingerprint density at radius 2 is 1.73 bits per heavy atom. The number of anilines is 1. The zero-order valence-corrected chi connectivity index (χ0v) is 16.1. The Bertz CT molecular complexity index is 1010. The van der Waals surface area contributed by atoms with Crippen LogP contribution in [0.15, 0.2) is 47.4 Å². The molecule has 30 heavy (non-hydrogen) atoms. The first-order chi connectivity index (χ1) is 14.2. The first-order valence-corrected chi connectivity index (χ1v) is 8.98. The van der Waals surface area contributed by atoms with Crippen molar-refractivity contribution in [3.63, 3.8) is 0 Å². The molecule has 0 saturated heterocycles. The van der Waals surface area contributed by atoms with Crippen LogP contribution in [-0.2, 0) is 20.9 Å². The standard InChI is InChI=1S/C20H21N3O7/c1-12-8-9-23(17(25)10-12)11-16(24)21-14-4-2-13(3-5-14)19(28)22-15(20(29)30)6-7-18(26)27/h2-5,8-10,15H,6-7,11H2,1H3,(H,21,24)(H,22,28)(H,26,27)(H,29,30). The van der Waals surface area contributed by atoms with Crippen molar-refractivity contribution in [2.45, 2.75) is 32.4 Å². The summed E-state index contributed by atoms with van der Waals surface area (Å²) in [5.41, 5.74) is 1.02. The Kier molecular flexibility index (Phi) is 7.45. The molecule has 2 amide bonds. The molecule has 0 saturated carbocycles. The molecule has 1 unspecified atom stereocenters. The van der Waals surface area contributed by atoms with Crippen LogP contribution in [0, 0.1) is 6.92 Å². The Hall–Kier alpha value is -3.95. The summed E-state index contributed by atoms with van der Waals surface area (Å²) in [4.78, 5) is 57.9. The highest BCUT2D eigenvalue weighted by Gasteiger charge is 2.21. The molecule has 0 aliphatic carbocycles. The second-order valence-electron chi connectivity index (χ2n) is 6.59. The van der Waals surface area contributed by atoms with Crippen LogP contribution in [0.2, 0.25) is 0 Å². The Morgan fingerprint density at radius 1 is 1.07 bits per heavy atom. The second kappa shape index (κ2) is 10.0. The van der Waals surface area contributed by atoms with Crippen molar-refractivity contribution >= 4 is 29.4 Å². The van der Waals surface area contributed by atoms with Gasteiger partial charge in [0.15, 0.2) is 0 Å². The molecule has 0 aliphatic rings. The summed E-state index contributed by atoms with van der Waals surface area (Å²) >= 11 is 0. The zero-order chi connectivity index (χ0) is 22.3. The van der Waals surface area contributed by atoms with Crippen molar-refractivity contribution in [1.82, 2.24) is 9.88 Å². The molecular formula is C20H21N3O7. The van der Waals surface area contributed by atoms with Crippen molar-refractivity contribution in [2.75, 3.05) is 5.32 Å².